The van der Waals surface area contributed by atoms with Crippen molar-refractivity contribution in [1.82, 2.24) is 14.9 Å². The number of hydrogen-bond acceptors (Lipinski definition) is 7. The molecule has 1 saturated heterocycles. The van der Waals surface area contributed by atoms with Gasteiger partial charge < -0.3 is 29.3 Å². The molecular formula is C24H27N5O4. The monoisotopic (exact) mass is 449 g/mol. The Kier molecular flexibility index (Phi) is 6.77. The summed E-state index contributed by atoms with van der Waals surface area (Å²) >= 11 is 0. The second kappa shape index (κ2) is 10.1. The van der Waals surface area contributed by atoms with E-state index >= 15 is 0 Å². The minimum absolute atomic E-state index is 0.161. The number of urea groups is 1. The van der Waals surface area contributed by atoms with Gasteiger partial charge in [-0.3, -0.25) is 0 Å². The van der Waals surface area contributed by atoms with Crippen LogP contribution in [0.4, 0.5) is 16.3 Å². The fraction of sp³-hybridized carbons (Fsp3) is 0.292. The fourth-order valence-electron chi connectivity index (χ4n) is 3.66. The van der Waals surface area contributed by atoms with E-state index in [1.807, 2.05) is 30.3 Å². The van der Waals surface area contributed by atoms with Crippen LogP contribution in [0.2, 0.25) is 0 Å². The number of hydrogen-bond donors (Lipinski definition) is 1. The summed E-state index contributed by atoms with van der Waals surface area (Å²) in [6.07, 6.45) is 1.57. The number of ether oxygens (including phenoxy) is 3. The summed E-state index contributed by atoms with van der Waals surface area (Å²) in [6, 6.07) is 14.9. The Morgan fingerprint density at radius 2 is 1.45 bits per heavy atom. The average Bonchev–Trinajstić information content (AvgIpc) is 2.88. The molecule has 1 aliphatic rings. The minimum atomic E-state index is -0.161. The van der Waals surface area contributed by atoms with Gasteiger partial charge in [-0.05, 0) is 24.3 Å². The van der Waals surface area contributed by atoms with Crippen LogP contribution in [0.25, 0.3) is 11.3 Å². The van der Waals surface area contributed by atoms with Crippen molar-refractivity contribution in [2.45, 2.75) is 0 Å². The number of amides is 2. The van der Waals surface area contributed by atoms with Crippen LogP contribution in [0.15, 0.2) is 54.9 Å². The molecule has 1 aliphatic heterocycles. The van der Waals surface area contributed by atoms with Crippen LogP contribution >= 0.6 is 0 Å². The van der Waals surface area contributed by atoms with Crippen molar-refractivity contribution in [3.05, 3.63) is 54.9 Å². The molecule has 0 aliphatic carbocycles. The van der Waals surface area contributed by atoms with Crippen molar-refractivity contribution in [3.8, 4) is 28.5 Å². The summed E-state index contributed by atoms with van der Waals surface area (Å²) < 4.78 is 15.8. The zero-order chi connectivity index (χ0) is 23.2. The molecule has 2 heterocycles. The summed E-state index contributed by atoms with van der Waals surface area (Å²) in [5.74, 6) is 2.88. The van der Waals surface area contributed by atoms with Gasteiger partial charge in [0.1, 0.15) is 29.4 Å². The van der Waals surface area contributed by atoms with Crippen molar-refractivity contribution >= 4 is 17.5 Å². The zero-order valence-corrected chi connectivity index (χ0v) is 18.9. The van der Waals surface area contributed by atoms with Crippen LogP contribution in [0.3, 0.4) is 0 Å². The van der Waals surface area contributed by atoms with Gasteiger partial charge in [-0.15, -0.1) is 0 Å². The average molecular weight is 450 g/mol. The van der Waals surface area contributed by atoms with E-state index in [0.29, 0.717) is 43.4 Å². The third kappa shape index (κ3) is 5.25. The summed E-state index contributed by atoms with van der Waals surface area (Å²) in [5.41, 5.74) is 2.46. The number of aromatic nitrogens is 2. The van der Waals surface area contributed by atoms with Crippen LogP contribution in [0.5, 0.6) is 17.2 Å². The highest BCUT2D eigenvalue weighted by Crippen LogP contribution is 2.27. The first kappa shape index (κ1) is 22.2. The van der Waals surface area contributed by atoms with E-state index in [1.54, 1.807) is 50.8 Å². The van der Waals surface area contributed by atoms with Crippen molar-refractivity contribution in [3.63, 3.8) is 0 Å². The molecule has 9 heteroatoms. The summed E-state index contributed by atoms with van der Waals surface area (Å²) in [7, 11) is 4.80. The van der Waals surface area contributed by atoms with E-state index in [4.69, 9.17) is 14.2 Å². The Morgan fingerprint density at radius 3 is 2.06 bits per heavy atom. The first-order valence-electron chi connectivity index (χ1n) is 10.6. The number of methoxy groups -OCH3 is 3. The molecule has 9 nitrogen and oxygen atoms in total. The van der Waals surface area contributed by atoms with Gasteiger partial charge in [0, 0.05) is 61.7 Å². The van der Waals surface area contributed by atoms with Crippen LogP contribution in [-0.4, -0.2) is 68.4 Å². The Hall–Kier alpha value is -4.01. The van der Waals surface area contributed by atoms with Crippen LogP contribution in [-0.2, 0) is 0 Å². The summed E-state index contributed by atoms with van der Waals surface area (Å²) in [6.45, 7) is 2.51. The number of nitrogens with zero attached hydrogens (tertiary/aromatic N) is 4. The molecule has 2 amide bonds. The Labute approximate surface area is 192 Å². The van der Waals surface area contributed by atoms with Gasteiger partial charge in [0.25, 0.3) is 0 Å². The number of carbonyl (C=O) groups excluding carboxylic acids is 1. The predicted molar refractivity (Wildman–Crippen MR) is 126 cm³/mol. The first-order valence-corrected chi connectivity index (χ1v) is 10.6. The van der Waals surface area contributed by atoms with Gasteiger partial charge >= 0.3 is 6.03 Å². The van der Waals surface area contributed by atoms with E-state index in [0.717, 1.165) is 22.8 Å². The number of piperazine rings is 1. The normalized spacial score (nSPS) is 13.4. The molecule has 33 heavy (non-hydrogen) atoms. The Bertz CT molecular complexity index is 1080. The maximum atomic E-state index is 12.8. The molecule has 3 aromatic rings. The van der Waals surface area contributed by atoms with E-state index in [2.05, 4.69) is 20.2 Å². The van der Waals surface area contributed by atoms with E-state index in [1.165, 1.54) is 0 Å². The molecule has 0 bridgehead atoms. The molecule has 172 valence electrons. The molecule has 0 spiro atoms. The second-order valence-electron chi connectivity index (χ2n) is 7.50. The van der Waals surface area contributed by atoms with Gasteiger partial charge in [0.05, 0.1) is 27.0 Å². The maximum Gasteiger partial charge on any atom is 0.321 e. The van der Waals surface area contributed by atoms with Gasteiger partial charge in [-0.1, -0.05) is 0 Å². The fourth-order valence-corrected chi connectivity index (χ4v) is 3.66. The maximum absolute atomic E-state index is 12.8. The van der Waals surface area contributed by atoms with Gasteiger partial charge in [-0.25, -0.2) is 14.8 Å². The van der Waals surface area contributed by atoms with Gasteiger partial charge in [-0.2, -0.15) is 0 Å². The predicted octanol–water partition coefficient (Wildman–Crippen LogP) is 3.52. The lowest BCUT2D eigenvalue weighted by Gasteiger charge is -2.35. The van der Waals surface area contributed by atoms with Crippen molar-refractivity contribution in [2.24, 2.45) is 0 Å². The lowest BCUT2D eigenvalue weighted by Crippen LogP contribution is -2.50. The molecule has 0 saturated carbocycles. The molecule has 2 aromatic carbocycles. The standard InChI is InChI=1S/C24H27N5O4/c1-31-19-6-4-17(5-7-19)22-15-23(26-16-25-22)28-8-10-29(11-9-28)24(30)27-18-12-20(32-2)14-21(13-18)33-3/h4-7,12-16H,8-11H2,1-3H3,(H,27,30). The van der Waals surface area contributed by atoms with Crippen LogP contribution in [0, 0.1) is 0 Å². The van der Waals surface area contributed by atoms with E-state index < -0.39 is 0 Å². The van der Waals surface area contributed by atoms with Gasteiger partial charge in [0.2, 0.25) is 0 Å². The first-order chi connectivity index (χ1) is 16.1. The molecule has 4 rings (SSSR count). The molecule has 0 atom stereocenters. The van der Waals surface area contributed by atoms with Crippen molar-refractivity contribution < 1.29 is 19.0 Å². The van der Waals surface area contributed by atoms with Crippen molar-refractivity contribution in [1.29, 1.82) is 0 Å². The van der Waals surface area contributed by atoms with E-state index in [-0.39, 0.29) is 6.03 Å². The molecule has 1 N–H and O–H groups in total. The molecule has 1 fully saturated rings. The summed E-state index contributed by atoms with van der Waals surface area (Å²) in [4.78, 5) is 25.6. The Morgan fingerprint density at radius 1 is 0.818 bits per heavy atom. The molecular weight excluding hydrogens is 422 g/mol. The SMILES string of the molecule is COc1ccc(-c2cc(N3CCN(C(=O)Nc4cc(OC)cc(OC)c4)CC3)ncn2)cc1. The quantitative estimate of drug-likeness (QED) is 0.616. The highest BCUT2D eigenvalue weighted by Gasteiger charge is 2.22. The molecule has 1 aromatic heterocycles. The third-order valence-electron chi connectivity index (χ3n) is 5.53. The zero-order valence-electron chi connectivity index (χ0n) is 18.9. The third-order valence-corrected chi connectivity index (χ3v) is 5.53. The number of rotatable bonds is 6. The molecule has 0 unspecified atom stereocenters. The highest BCUT2D eigenvalue weighted by atomic mass is 16.5. The van der Waals surface area contributed by atoms with Crippen LogP contribution < -0.4 is 24.4 Å². The molecule has 0 radical (unpaired) electrons. The minimum Gasteiger partial charge on any atom is -0.497 e. The van der Waals surface area contributed by atoms with E-state index in [9.17, 15) is 4.79 Å². The van der Waals surface area contributed by atoms with Crippen LogP contribution in [0.1, 0.15) is 0 Å². The Balaban J connectivity index is 1.38. The smallest absolute Gasteiger partial charge is 0.321 e. The number of nitrogens with one attached hydrogen (secondary N) is 1. The summed E-state index contributed by atoms with van der Waals surface area (Å²) in [5, 5.41) is 2.93. The number of anilines is 2. The number of benzene rings is 2. The van der Waals surface area contributed by atoms with Gasteiger partial charge in [0.15, 0.2) is 0 Å². The largest absolute Gasteiger partial charge is 0.497 e. The topological polar surface area (TPSA) is 89.1 Å². The lowest BCUT2D eigenvalue weighted by molar-refractivity contribution is 0.208. The lowest BCUT2D eigenvalue weighted by atomic mass is 10.1. The highest BCUT2D eigenvalue weighted by molar-refractivity contribution is 5.90. The van der Waals surface area contributed by atoms with Crippen molar-refractivity contribution in [2.75, 3.05) is 57.7 Å². The second-order valence-corrected chi connectivity index (χ2v) is 7.50. The number of carbonyl (C=O) groups is 1.